The molecule has 1 aliphatic rings. The molecule has 3 aromatic rings. The second-order valence-corrected chi connectivity index (χ2v) is 6.59. The molecule has 0 aliphatic heterocycles. The van der Waals surface area contributed by atoms with Crippen LogP contribution in [0.3, 0.4) is 0 Å². The number of oxazole rings is 1. The molecule has 5 nitrogen and oxygen atoms in total. The minimum absolute atomic E-state index is 0.0350. The van der Waals surface area contributed by atoms with E-state index >= 15 is 0 Å². The molecule has 5 heteroatoms. The molecule has 25 heavy (non-hydrogen) atoms. The highest BCUT2D eigenvalue weighted by Gasteiger charge is 2.28. The molecular weight excluding hydrogens is 316 g/mol. The number of benzene rings is 2. The second kappa shape index (κ2) is 6.24. The Kier molecular flexibility index (Phi) is 3.92. The Labute approximate surface area is 146 Å². The number of ether oxygens (including phenoxy) is 1. The minimum Gasteiger partial charge on any atom is -0.484 e. The van der Waals surface area contributed by atoms with E-state index in [1.165, 1.54) is 5.56 Å². The van der Waals surface area contributed by atoms with Gasteiger partial charge in [-0.25, -0.2) is 4.98 Å². The number of nitrogens with zero attached hydrogens (tertiary/aromatic N) is 1. The van der Waals surface area contributed by atoms with Crippen molar-refractivity contribution in [2.45, 2.75) is 32.6 Å². The zero-order valence-corrected chi connectivity index (χ0v) is 14.3. The van der Waals surface area contributed by atoms with Gasteiger partial charge < -0.3 is 14.5 Å². The third-order valence-corrected chi connectivity index (χ3v) is 4.46. The average molecular weight is 336 g/mol. The highest BCUT2D eigenvalue weighted by molar-refractivity contribution is 5.93. The molecule has 1 amide bonds. The van der Waals surface area contributed by atoms with Gasteiger partial charge in [0.05, 0.1) is 0 Å². The number of carbonyl (C=O) groups is 1. The topological polar surface area (TPSA) is 64.4 Å². The fraction of sp³-hybridized carbons (Fsp3) is 0.300. The van der Waals surface area contributed by atoms with Gasteiger partial charge in [-0.1, -0.05) is 6.07 Å². The number of rotatable bonds is 5. The summed E-state index contributed by atoms with van der Waals surface area (Å²) in [5.41, 5.74) is 4.56. The van der Waals surface area contributed by atoms with Crippen molar-refractivity contribution in [1.82, 2.24) is 4.98 Å². The van der Waals surface area contributed by atoms with Crippen LogP contribution < -0.4 is 10.1 Å². The molecule has 1 saturated carbocycles. The van der Waals surface area contributed by atoms with Gasteiger partial charge in [-0.05, 0) is 68.1 Å². The predicted octanol–water partition coefficient (Wildman–Crippen LogP) is 4.34. The molecule has 0 bridgehead atoms. The van der Waals surface area contributed by atoms with Crippen molar-refractivity contribution < 1.29 is 13.9 Å². The number of aromatic nitrogens is 1. The fourth-order valence-corrected chi connectivity index (χ4v) is 2.68. The molecule has 2 aromatic carbocycles. The SMILES string of the molecule is Cc1ccc(OCC(=O)Nc2ccc3oc(C4CC4)nc3c2)cc1C. The van der Waals surface area contributed by atoms with Crippen molar-refractivity contribution in [2.75, 3.05) is 11.9 Å². The van der Waals surface area contributed by atoms with Crippen LogP contribution in [0, 0.1) is 13.8 Å². The Hall–Kier alpha value is -2.82. The van der Waals surface area contributed by atoms with Crippen molar-refractivity contribution in [2.24, 2.45) is 0 Å². The van der Waals surface area contributed by atoms with Gasteiger partial charge in [-0.2, -0.15) is 0 Å². The van der Waals surface area contributed by atoms with Crippen LogP contribution in [0.5, 0.6) is 5.75 Å². The lowest BCUT2D eigenvalue weighted by atomic mass is 10.1. The number of hydrogen-bond donors (Lipinski definition) is 1. The number of nitrogens with one attached hydrogen (secondary N) is 1. The van der Waals surface area contributed by atoms with E-state index in [-0.39, 0.29) is 12.5 Å². The van der Waals surface area contributed by atoms with Crippen LogP contribution in [-0.4, -0.2) is 17.5 Å². The summed E-state index contributed by atoms with van der Waals surface area (Å²) >= 11 is 0. The number of carbonyl (C=O) groups excluding carboxylic acids is 1. The normalized spacial score (nSPS) is 13.8. The van der Waals surface area contributed by atoms with E-state index in [0.29, 0.717) is 17.4 Å². The predicted molar refractivity (Wildman–Crippen MR) is 96.0 cm³/mol. The van der Waals surface area contributed by atoms with Crippen LogP contribution >= 0.6 is 0 Å². The van der Waals surface area contributed by atoms with Crippen LogP contribution in [-0.2, 0) is 4.79 Å². The molecule has 128 valence electrons. The highest BCUT2D eigenvalue weighted by atomic mass is 16.5. The van der Waals surface area contributed by atoms with E-state index in [9.17, 15) is 4.79 Å². The Morgan fingerprint density at radius 1 is 1.20 bits per heavy atom. The molecule has 1 aromatic heterocycles. The van der Waals surface area contributed by atoms with E-state index in [1.807, 2.05) is 50.2 Å². The molecular formula is C20H20N2O3. The monoisotopic (exact) mass is 336 g/mol. The van der Waals surface area contributed by atoms with Crippen molar-refractivity contribution in [1.29, 1.82) is 0 Å². The molecule has 0 saturated heterocycles. The van der Waals surface area contributed by atoms with Crippen molar-refractivity contribution in [3.05, 3.63) is 53.4 Å². The minimum atomic E-state index is -0.205. The first-order valence-electron chi connectivity index (χ1n) is 8.49. The van der Waals surface area contributed by atoms with Crippen LogP contribution in [0.1, 0.15) is 35.8 Å². The third kappa shape index (κ3) is 3.50. The number of aryl methyl sites for hydroxylation is 2. The Morgan fingerprint density at radius 3 is 2.80 bits per heavy atom. The fourth-order valence-electron chi connectivity index (χ4n) is 2.68. The number of amides is 1. The molecule has 1 aliphatic carbocycles. The summed E-state index contributed by atoms with van der Waals surface area (Å²) in [5.74, 6) is 1.76. The van der Waals surface area contributed by atoms with Crippen molar-refractivity contribution in [3.8, 4) is 5.75 Å². The molecule has 0 atom stereocenters. The maximum atomic E-state index is 12.1. The molecule has 1 fully saturated rings. The first-order chi connectivity index (χ1) is 12.1. The zero-order valence-electron chi connectivity index (χ0n) is 14.3. The van der Waals surface area contributed by atoms with Crippen LogP contribution in [0.2, 0.25) is 0 Å². The van der Waals surface area contributed by atoms with Crippen LogP contribution in [0.25, 0.3) is 11.1 Å². The van der Waals surface area contributed by atoms with E-state index < -0.39 is 0 Å². The summed E-state index contributed by atoms with van der Waals surface area (Å²) in [4.78, 5) is 16.6. The van der Waals surface area contributed by atoms with Crippen LogP contribution in [0.15, 0.2) is 40.8 Å². The van der Waals surface area contributed by atoms with E-state index in [4.69, 9.17) is 9.15 Å². The number of anilines is 1. The number of hydrogen-bond acceptors (Lipinski definition) is 4. The van der Waals surface area contributed by atoms with Gasteiger partial charge in [0.2, 0.25) is 0 Å². The van der Waals surface area contributed by atoms with Gasteiger partial charge in [0.1, 0.15) is 11.3 Å². The first-order valence-corrected chi connectivity index (χ1v) is 8.49. The van der Waals surface area contributed by atoms with E-state index in [0.717, 1.165) is 35.4 Å². The number of fused-ring (bicyclic) bond motifs is 1. The molecule has 0 radical (unpaired) electrons. The maximum absolute atomic E-state index is 12.1. The molecule has 0 unspecified atom stereocenters. The summed E-state index contributed by atoms with van der Waals surface area (Å²) in [7, 11) is 0. The lowest BCUT2D eigenvalue weighted by Gasteiger charge is -2.09. The third-order valence-electron chi connectivity index (χ3n) is 4.46. The Morgan fingerprint density at radius 2 is 2.04 bits per heavy atom. The Bertz CT molecular complexity index is 941. The molecule has 0 spiro atoms. The summed E-state index contributed by atoms with van der Waals surface area (Å²) < 4.78 is 11.3. The summed E-state index contributed by atoms with van der Waals surface area (Å²) in [6.07, 6.45) is 2.29. The van der Waals surface area contributed by atoms with Gasteiger partial charge in [0.15, 0.2) is 18.1 Å². The largest absolute Gasteiger partial charge is 0.484 e. The maximum Gasteiger partial charge on any atom is 0.262 e. The summed E-state index contributed by atoms with van der Waals surface area (Å²) in [6, 6.07) is 11.3. The lowest BCUT2D eigenvalue weighted by molar-refractivity contribution is -0.118. The van der Waals surface area contributed by atoms with Crippen molar-refractivity contribution in [3.63, 3.8) is 0 Å². The first kappa shape index (κ1) is 15.7. The van der Waals surface area contributed by atoms with E-state index in [1.54, 1.807) is 0 Å². The van der Waals surface area contributed by atoms with Crippen LogP contribution in [0.4, 0.5) is 5.69 Å². The van der Waals surface area contributed by atoms with Gasteiger partial charge in [0.25, 0.3) is 5.91 Å². The lowest BCUT2D eigenvalue weighted by Crippen LogP contribution is -2.20. The molecule has 1 N–H and O–H groups in total. The van der Waals surface area contributed by atoms with Gasteiger partial charge in [-0.15, -0.1) is 0 Å². The van der Waals surface area contributed by atoms with Crippen molar-refractivity contribution >= 4 is 22.7 Å². The smallest absolute Gasteiger partial charge is 0.262 e. The molecule has 4 rings (SSSR count). The standard InChI is InChI=1S/C20H20N2O3/c1-12-3-7-16(9-13(12)2)24-11-19(23)21-15-6-8-18-17(10-15)22-20(25-18)14-4-5-14/h3,6-10,14H,4-5,11H2,1-2H3,(H,21,23). The van der Waals surface area contributed by atoms with Gasteiger partial charge in [0, 0.05) is 11.6 Å². The average Bonchev–Trinajstić information content (AvgIpc) is 3.36. The highest BCUT2D eigenvalue weighted by Crippen LogP contribution is 2.40. The quantitative estimate of drug-likeness (QED) is 0.753. The second-order valence-electron chi connectivity index (χ2n) is 6.59. The zero-order chi connectivity index (χ0) is 17.4. The summed E-state index contributed by atoms with van der Waals surface area (Å²) in [5, 5.41) is 2.84. The molecule has 1 heterocycles. The summed E-state index contributed by atoms with van der Waals surface area (Å²) in [6.45, 7) is 4.03. The Balaban J connectivity index is 1.39. The van der Waals surface area contributed by atoms with Gasteiger partial charge >= 0.3 is 0 Å². The van der Waals surface area contributed by atoms with E-state index in [2.05, 4.69) is 10.3 Å². The van der Waals surface area contributed by atoms with Gasteiger partial charge in [-0.3, -0.25) is 4.79 Å².